The topological polar surface area (TPSA) is 90.9 Å². The summed E-state index contributed by atoms with van der Waals surface area (Å²) in [5.41, 5.74) is 10.7. The normalized spacial score (nSPS) is 13.0. The number of nitrogens with zero attached hydrogens (tertiary/aromatic N) is 1. The van der Waals surface area contributed by atoms with Crippen LogP contribution in [-0.2, 0) is 11.2 Å². The van der Waals surface area contributed by atoms with E-state index in [0.717, 1.165) is 22.6 Å². The zero-order valence-electron chi connectivity index (χ0n) is 11.3. The number of fused-ring (bicyclic) bond motifs is 1. The Balaban J connectivity index is 1.88. The highest BCUT2D eigenvalue weighted by Gasteiger charge is 2.16. The average Bonchev–Trinajstić information content (AvgIpc) is 2.49. The van der Waals surface area contributed by atoms with Gasteiger partial charge in [-0.1, -0.05) is 0 Å². The Morgan fingerprint density at radius 1 is 1.19 bits per heavy atom. The van der Waals surface area contributed by atoms with Gasteiger partial charge in [0.15, 0.2) is 0 Å². The molecule has 104 valence electrons. The molecular weight excluding hydrogens is 264 g/mol. The van der Waals surface area contributed by atoms with Gasteiger partial charge in [-0.25, -0.2) is 0 Å². The summed E-state index contributed by atoms with van der Waals surface area (Å²) < 4.78 is 0. The first-order valence-corrected chi connectivity index (χ1v) is 6.65. The molecule has 1 heterocycles. The number of aryl methyl sites for hydroxylation is 1. The number of rotatable bonds is 2. The highest BCUT2D eigenvalue weighted by atomic mass is 16.1. The van der Waals surface area contributed by atoms with Crippen molar-refractivity contribution in [2.24, 2.45) is 0 Å². The Kier molecular flexibility index (Phi) is 3.20. The van der Waals surface area contributed by atoms with Crippen LogP contribution < -0.4 is 16.4 Å². The number of nitriles is 1. The molecule has 0 fully saturated rings. The average molecular weight is 278 g/mol. The Hall–Kier alpha value is -3.00. The molecule has 0 saturated carbocycles. The molecular formula is C16H14N4O. The van der Waals surface area contributed by atoms with E-state index in [0.29, 0.717) is 24.1 Å². The summed E-state index contributed by atoms with van der Waals surface area (Å²) in [4.78, 5) is 11.4. The number of nitrogens with two attached hydrogens (primary N) is 1. The minimum atomic E-state index is 0.0229. The molecule has 0 saturated heterocycles. The molecule has 0 unspecified atom stereocenters. The summed E-state index contributed by atoms with van der Waals surface area (Å²) in [5.74, 6) is 0.0229. The van der Waals surface area contributed by atoms with Gasteiger partial charge >= 0.3 is 0 Å². The van der Waals surface area contributed by atoms with Crippen LogP contribution in [0.2, 0.25) is 0 Å². The van der Waals surface area contributed by atoms with Crippen molar-refractivity contribution in [3.63, 3.8) is 0 Å². The van der Waals surface area contributed by atoms with Crippen LogP contribution in [-0.4, -0.2) is 5.91 Å². The maximum absolute atomic E-state index is 11.4. The number of carbonyl (C=O) groups is 1. The molecule has 2 aromatic rings. The first kappa shape index (κ1) is 13.0. The summed E-state index contributed by atoms with van der Waals surface area (Å²) in [7, 11) is 0. The molecule has 0 aliphatic carbocycles. The number of nitrogen functional groups attached to an aromatic ring is 1. The predicted molar refractivity (Wildman–Crippen MR) is 82.2 cm³/mol. The zero-order valence-corrected chi connectivity index (χ0v) is 11.3. The summed E-state index contributed by atoms with van der Waals surface area (Å²) in [5, 5.41) is 14.9. The van der Waals surface area contributed by atoms with Crippen LogP contribution in [0.4, 0.5) is 22.7 Å². The van der Waals surface area contributed by atoms with E-state index < -0.39 is 0 Å². The SMILES string of the molecule is N#Cc1ccc(Nc2cc3c(cc2N)NC(=O)CC3)cc1. The molecule has 0 bridgehead atoms. The fraction of sp³-hybridized carbons (Fsp3) is 0.125. The molecule has 0 radical (unpaired) electrons. The van der Waals surface area contributed by atoms with E-state index in [2.05, 4.69) is 16.7 Å². The van der Waals surface area contributed by atoms with Crippen LogP contribution in [0.1, 0.15) is 17.5 Å². The second kappa shape index (κ2) is 5.17. The van der Waals surface area contributed by atoms with Crippen molar-refractivity contribution >= 4 is 28.7 Å². The zero-order chi connectivity index (χ0) is 14.8. The fourth-order valence-electron chi connectivity index (χ4n) is 2.34. The quantitative estimate of drug-likeness (QED) is 0.737. The number of hydrogen-bond donors (Lipinski definition) is 3. The Morgan fingerprint density at radius 3 is 2.67 bits per heavy atom. The van der Waals surface area contributed by atoms with E-state index in [1.807, 2.05) is 18.2 Å². The molecule has 1 amide bonds. The number of nitrogens with one attached hydrogen (secondary N) is 2. The van der Waals surface area contributed by atoms with E-state index in [-0.39, 0.29) is 5.91 Å². The van der Waals surface area contributed by atoms with Gasteiger partial charge in [-0.3, -0.25) is 4.79 Å². The molecule has 5 nitrogen and oxygen atoms in total. The van der Waals surface area contributed by atoms with Crippen LogP contribution in [0, 0.1) is 11.3 Å². The minimum absolute atomic E-state index is 0.0229. The van der Waals surface area contributed by atoms with Crippen LogP contribution in [0.25, 0.3) is 0 Å². The Morgan fingerprint density at radius 2 is 1.95 bits per heavy atom. The lowest BCUT2D eigenvalue weighted by Gasteiger charge is -2.19. The number of amides is 1. The predicted octanol–water partition coefficient (Wildman–Crippen LogP) is 2.77. The fourth-order valence-corrected chi connectivity index (χ4v) is 2.34. The van der Waals surface area contributed by atoms with Gasteiger partial charge < -0.3 is 16.4 Å². The summed E-state index contributed by atoms with van der Waals surface area (Å²) in [6, 6.07) is 13.0. The third kappa shape index (κ3) is 2.65. The van der Waals surface area contributed by atoms with Crippen molar-refractivity contribution < 1.29 is 4.79 Å². The van der Waals surface area contributed by atoms with Crippen molar-refractivity contribution in [1.82, 2.24) is 0 Å². The van der Waals surface area contributed by atoms with Crippen LogP contribution in [0.15, 0.2) is 36.4 Å². The maximum Gasteiger partial charge on any atom is 0.224 e. The van der Waals surface area contributed by atoms with Crippen molar-refractivity contribution in [2.75, 3.05) is 16.4 Å². The molecule has 4 N–H and O–H groups in total. The van der Waals surface area contributed by atoms with E-state index in [9.17, 15) is 4.79 Å². The van der Waals surface area contributed by atoms with Crippen molar-refractivity contribution in [2.45, 2.75) is 12.8 Å². The molecule has 1 aliphatic heterocycles. The maximum atomic E-state index is 11.4. The Labute approximate surface area is 122 Å². The van der Waals surface area contributed by atoms with Gasteiger partial charge in [-0.2, -0.15) is 5.26 Å². The largest absolute Gasteiger partial charge is 0.397 e. The van der Waals surface area contributed by atoms with Gasteiger partial charge in [-0.15, -0.1) is 0 Å². The minimum Gasteiger partial charge on any atom is -0.397 e. The van der Waals surface area contributed by atoms with Gasteiger partial charge in [0, 0.05) is 17.8 Å². The molecule has 21 heavy (non-hydrogen) atoms. The molecule has 3 rings (SSSR count). The second-order valence-electron chi connectivity index (χ2n) is 4.96. The number of hydrogen-bond acceptors (Lipinski definition) is 4. The molecule has 0 aromatic heterocycles. The van der Waals surface area contributed by atoms with Gasteiger partial charge in [0.05, 0.1) is 23.0 Å². The van der Waals surface area contributed by atoms with E-state index >= 15 is 0 Å². The summed E-state index contributed by atoms with van der Waals surface area (Å²) in [6.45, 7) is 0. The van der Waals surface area contributed by atoms with E-state index in [4.69, 9.17) is 11.0 Å². The van der Waals surface area contributed by atoms with Crippen molar-refractivity contribution in [3.8, 4) is 6.07 Å². The van der Waals surface area contributed by atoms with Crippen LogP contribution in [0.5, 0.6) is 0 Å². The lowest BCUT2D eigenvalue weighted by atomic mass is 10.0. The third-order valence-corrected chi connectivity index (χ3v) is 3.46. The van der Waals surface area contributed by atoms with Gasteiger partial charge in [0.2, 0.25) is 5.91 Å². The van der Waals surface area contributed by atoms with E-state index in [1.54, 1.807) is 18.2 Å². The van der Waals surface area contributed by atoms with Gasteiger partial charge in [0.25, 0.3) is 0 Å². The molecule has 0 spiro atoms. The Bertz CT molecular complexity index is 744. The highest BCUT2D eigenvalue weighted by Crippen LogP contribution is 2.32. The lowest BCUT2D eigenvalue weighted by Crippen LogP contribution is -2.19. The van der Waals surface area contributed by atoms with Crippen molar-refractivity contribution in [1.29, 1.82) is 5.26 Å². The van der Waals surface area contributed by atoms with Gasteiger partial charge in [0.1, 0.15) is 0 Å². The standard InChI is InChI=1S/C16H14N4O/c17-9-10-1-4-12(5-2-10)19-15-7-11-3-6-16(21)20-14(11)8-13(15)18/h1-2,4-5,7-8,19H,3,6,18H2,(H,20,21). The number of carbonyl (C=O) groups excluding carboxylic acids is 1. The van der Waals surface area contributed by atoms with Crippen LogP contribution in [0.3, 0.4) is 0 Å². The van der Waals surface area contributed by atoms with Crippen LogP contribution >= 0.6 is 0 Å². The van der Waals surface area contributed by atoms with Gasteiger partial charge in [-0.05, 0) is 48.4 Å². The van der Waals surface area contributed by atoms with Crippen molar-refractivity contribution in [3.05, 3.63) is 47.5 Å². The monoisotopic (exact) mass is 278 g/mol. The summed E-state index contributed by atoms with van der Waals surface area (Å²) >= 11 is 0. The highest BCUT2D eigenvalue weighted by molar-refractivity contribution is 5.95. The molecule has 0 atom stereocenters. The second-order valence-corrected chi connectivity index (χ2v) is 4.96. The smallest absolute Gasteiger partial charge is 0.224 e. The number of benzene rings is 2. The molecule has 1 aliphatic rings. The third-order valence-electron chi connectivity index (χ3n) is 3.46. The first-order valence-electron chi connectivity index (χ1n) is 6.65. The first-order chi connectivity index (χ1) is 10.2. The molecule has 5 heteroatoms. The summed E-state index contributed by atoms with van der Waals surface area (Å²) in [6.07, 6.45) is 1.21. The van der Waals surface area contributed by atoms with E-state index in [1.165, 1.54) is 0 Å². The lowest BCUT2D eigenvalue weighted by molar-refractivity contribution is -0.116. The molecule has 2 aromatic carbocycles. The number of anilines is 4.